The van der Waals surface area contributed by atoms with Crippen LogP contribution in [0.2, 0.25) is 0 Å². The monoisotopic (exact) mass is 320 g/mol. The third kappa shape index (κ3) is 4.02. The van der Waals surface area contributed by atoms with Crippen LogP contribution in [0.4, 0.5) is 9.18 Å². The number of nitrogens with one attached hydrogen (secondary N) is 1. The van der Waals surface area contributed by atoms with Crippen LogP contribution in [0.15, 0.2) is 24.3 Å². The quantitative estimate of drug-likeness (QED) is 0.926. The maximum atomic E-state index is 13.2. The van der Waals surface area contributed by atoms with E-state index in [0.29, 0.717) is 5.92 Å². The Bertz CT molecular complexity index is 528. The molecule has 1 N–H and O–H groups in total. The molecule has 0 bridgehead atoms. The van der Waals surface area contributed by atoms with Crippen LogP contribution in [0, 0.1) is 11.7 Å². The minimum atomic E-state index is -0.268. The summed E-state index contributed by atoms with van der Waals surface area (Å²) in [6.45, 7) is 4.50. The van der Waals surface area contributed by atoms with Crippen molar-refractivity contribution < 1.29 is 13.9 Å². The Morgan fingerprint density at radius 3 is 2.74 bits per heavy atom. The molecular formula is C18H25FN2O2. The summed E-state index contributed by atoms with van der Waals surface area (Å²) in [7, 11) is 0. The summed E-state index contributed by atoms with van der Waals surface area (Å²) in [6.07, 6.45) is 4.11. The molecule has 126 valence electrons. The first-order valence-electron chi connectivity index (χ1n) is 8.56. The van der Waals surface area contributed by atoms with Crippen LogP contribution in [0.5, 0.6) is 0 Å². The van der Waals surface area contributed by atoms with Gasteiger partial charge in [0.2, 0.25) is 0 Å². The predicted molar refractivity (Wildman–Crippen MR) is 86.6 cm³/mol. The van der Waals surface area contributed by atoms with Crippen molar-refractivity contribution in [2.45, 2.75) is 44.8 Å². The van der Waals surface area contributed by atoms with Crippen LogP contribution in [0.25, 0.3) is 0 Å². The number of benzene rings is 1. The van der Waals surface area contributed by atoms with Gasteiger partial charge >= 0.3 is 6.03 Å². The summed E-state index contributed by atoms with van der Waals surface area (Å²) < 4.78 is 19.0. The second kappa shape index (κ2) is 7.30. The third-order valence-corrected chi connectivity index (χ3v) is 4.79. The SMILES string of the molecule is CC1CCCN(C(=O)NC(c2ccc(F)cc2)C2CCCO2)C1. The fraction of sp³-hybridized carbons (Fsp3) is 0.611. The number of amides is 2. The number of halogens is 1. The zero-order chi connectivity index (χ0) is 16.2. The van der Waals surface area contributed by atoms with Crippen molar-refractivity contribution >= 4 is 6.03 Å². The molecule has 23 heavy (non-hydrogen) atoms. The number of ether oxygens (including phenoxy) is 1. The van der Waals surface area contributed by atoms with Crippen LogP contribution in [-0.4, -0.2) is 36.7 Å². The highest BCUT2D eigenvalue weighted by atomic mass is 19.1. The Labute approximate surface area is 137 Å². The summed E-state index contributed by atoms with van der Waals surface area (Å²) >= 11 is 0. The topological polar surface area (TPSA) is 41.6 Å². The van der Waals surface area contributed by atoms with E-state index in [1.165, 1.54) is 18.6 Å². The van der Waals surface area contributed by atoms with Gasteiger partial charge < -0.3 is 15.0 Å². The second-order valence-electron chi connectivity index (χ2n) is 6.72. The minimum absolute atomic E-state index is 0.0355. The smallest absolute Gasteiger partial charge is 0.317 e. The van der Waals surface area contributed by atoms with Gasteiger partial charge in [0.05, 0.1) is 12.1 Å². The summed E-state index contributed by atoms with van der Waals surface area (Å²) in [5.41, 5.74) is 0.900. The van der Waals surface area contributed by atoms with Crippen molar-refractivity contribution in [2.24, 2.45) is 5.92 Å². The summed E-state index contributed by atoms with van der Waals surface area (Å²) in [5.74, 6) is 0.275. The lowest BCUT2D eigenvalue weighted by atomic mass is 9.98. The maximum absolute atomic E-state index is 13.2. The van der Waals surface area contributed by atoms with Crippen LogP contribution in [0.1, 0.15) is 44.2 Å². The van der Waals surface area contributed by atoms with Crippen molar-refractivity contribution in [3.8, 4) is 0 Å². The Balaban J connectivity index is 1.72. The Hall–Kier alpha value is -1.62. The maximum Gasteiger partial charge on any atom is 0.317 e. The fourth-order valence-corrected chi connectivity index (χ4v) is 3.52. The first-order chi connectivity index (χ1) is 11.1. The molecule has 2 heterocycles. The zero-order valence-corrected chi connectivity index (χ0v) is 13.6. The third-order valence-electron chi connectivity index (χ3n) is 4.79. The highest BCUT2D eigenvalue weighted by molar-refractivity contribution is 5.75. The molecule has 2 aliphatic rings. The van der Waals surface area contributed by atoms with Crippen LogP contribution >= 0.6 is 0 Å². The molecule has 1 aromatic carbocycles. The normalized spacial score (nSPS) is 26.1. The lowest BCUT2D eigenvalue weighted by molar-refractivity contribution is 0.0765. The number of urea groups is 1. The molecule has 2 fully saturated rings. The highest BCUT2D eigenvalue weighted by Crippen LogP contribution is 2.28. The molecular weight excluding hydrogens is 295 g/mol. The molecule has 5 heteroatoms. The molecule has 2 aliphatic heterocycles. The van der Waals surface area contributed by atoms with Gasteiger partial charge in [-0.05, 0) is 49.3 Å². The van der Waals surface area contributed by atoms with Crippen LogP contribution in [-0.2, 0) is 4.74 Å². The van der Waals surface area contributed by atoms with Crippen molar-refractivity contribution in [2.75, 3.05) is 19.7 Å². The van der Waals surface area contributed by atoms with Gasteiger partial charge in [-0.25, -0.2) is 9.18 Å². The molecule has 2 saturated heterocycles. The number of carbonyl (C=O) groups is 1. The Morgan fingerprint density at radius 2 is 2.09 bits per heavy atom. The number of piperidine rings is 1. The summed E-state index contributed by atoms with van der Waals surface area (Å²) in [4.78, 5) is 14.5. The number of likely N-dealkylation sites (tertiary alicyclic amines) is 1. The number of nitrogens with zero attached hydrogens (tertiary/aromatic N) is 1. The van der Waals surface area contributed by atoms with Crippen molar-refractivity contribution in [3.05, 3.63) is 35.6 Å². The zero-order valence-electron chi connectivity index (χ0n) is 13.6. The first kappa shape index (κ1) is 16.2. The standard InChI is InChI=1S/C18H25FN2O2/c1-13-4-2-10-21(12-13)18(22)20-17(16-5-3-11-23-16)14-6-8-15(19)9-7-14/h6-9,13,16-17H,2-5,10-12H2,1H3,(H,20,22). The number of hydrogen-bond acceptors (Lipinski definition) is 2. The summed E-state index contributed by atoms with van der Waals surface area (Å²) in [5, 5.41) is 3.12. The van der Waals surface area contributed by atoms with Crippen molar-refractivity contribution in [3.63, 3.8) is 0 Å². The minimum Gasteiger partial charge on any atom is -0.376 e. The largest absolute Gasteiger partial charge is 0.376 e. The van der Waals surface area contributed by atoms with E-state index in [-0.39, 0.29) is 24.0 Å². The van der Waals surface area contributed by atoms with Gasteiger partial charge in [-0.15, -0.1) is 0 Å². The van der Waals surface area contributed by atoms with E-state index >= 15 is 0 Å². The average molecular weight is 320 g/mol. The molecule has 3 atom stereocenters. The second-order valence-corrected chi connectivity index (χ2v) is 6.72. The number of rotatable bonds is 3. The van der Waals surface area contributed by atoms with E-state index < -0.39 is 0 Å². The van der Waals surface area contributed by atoms with Gasteiger partial charge in [0.1, 0.15) is 5.82 Å². The molecule has 0 radical (unpaired) electrons. The molecule has 4 nitrogen and oxygen atoms in total. The summed E-state index contributed by atoms with van der Waals surface area (Å²) in [6, 6.07) is 6.09. The highest BCUT2D eigenvalue weighted by Gasteiger charge is 2.31. The van der Waals surface area contributed by atoms with E-state index in [1.807, 2.05) is 4.90 Å². The molecule has 3 unspecified atom stereocenters. The molecule has 0 aromatic heterocycles. The van der Waals surface area contributed by atoms with E-state index in [9.17, 15) is 9.18 Å². The van der Waals surface area contributed by atoms with Crippen LogP contribution in [0.3, 0.4) is 0 Å². The van der Waals surface area contributed by atoms with E-state index in [1.54, 1.807) is 12.1 Å². The number of hydrogen-bond donors (Lipinski definition) is 1. The molecule has 2 amide bonds. The molecule has 3 rings (SSSR count). The molecule has 1 aromatic rings. The Morgan fingerprint density at radius 1 is 1.30 bits per heavy atom. The first-order valence-corrected chi connectivity index (χ1v) is 8.56. The van der Waals surface area contributed by atoms with Crippen molar-refractivity contribution in [1.29, 1.82) is 0 Å². The average Bonchev–Trinajstić information content (AvgIpc) is 3.07. The van der Waals surface area contributed by atoms with Crippen molar-refractivity contribution in [1.82, 2.24) is 10.2 Å². The van der Waals surface area contributed by atoms with Gasteiger partial charge in [0, 0.05) is 19.7 Å². The predicted octanol–water partition coefficient (Wildman–Crippen LogP) is 3.49. The fourth-order valence-electron chi connectivity index (χ4n) is 3.52. The van der Waals surface area contributed by atoms with Gasteiger partial charge in [-0.3, -0.25) is 0 Å². The molecule has 0 spiro atoms. The van der Waals surface area contributed by atoms with Gasteiger partial charge in [0.15, 0.2) is 0 Å². The van der Waals surface area contributed by atoms with Gasteiger partial charge in [-0.2, -0.15) is 0 Å². The van der Waals surface area contributed by atoms with Gasteiger partial charge in [0.25, 0.3) is 0 Å². The van der Waals surface area contributed by atoms with E-state index in [4.69, 9.17) is 4.74 Å². The molecule has 0 saturated carbocycles. The number of carbonyl (C=O) groups excluding carboxylic acids is 1. The lowest BCUT2D eigenvalue weighted by Gasteiger charge is -2.33. The van der Waals surface area contributed by atoms with Gasteiger partial charge in [-0.1, -0.05) is 19.1 Å². The Kier molecular flexibility index (Phi) is 5.16. The molecule has 0 aliphatic carbocycles. The lowest BCUT2D eigenvalue weighted by Crippen LogP contribution is -2.48. The van der Waals surface area contributed by atoms with E-state index in [0.717, 1.165) is 44.5 Å². The van der Waals surface area contributed by atoms with E-state index in [2.05, 4.69) is 12.2 Å². The van der Waals surface area contributed by atoms with Crippen LogP contribution < -0.4 is 5.32 Å².